The van der Waals surface area contributed by atoms with Gasteiger partial charge in [-0.3, -0.25) is 0 Å². The van der Waals surface area contributed by atoms with Gasteiger partial charge in [-0.1, -0.05) is 0 Å². The highest BCUT2D eigenvalue weighted by Gasteiger charge is 2.37. The minimum absolute atomic E-state index is 0.279. The maximum absolute atomic E-state index is 12.6. The van der Waals surface area contributed by atoms with E-state index in [1.165, 1.54) is 17.6 Å². The normalized spacial score (nSPS) is 26.8. The van der Waals surface area contributed by atoms with E-state index in [0.29, 0.717) is 29.6 Å². The maximum atomic E-state index is 12.6. The number of hydrogen-bond acceptors (Lipinski definition) is 4. The van der Waals surface area contributed by atoms with E-state index < -0.39 is 12.0 Å². The van der Waals surface area contributed by atoms with Gasteiger partial charge in [-0.2, -0.15) is 0 Å². The average molecular weight is 348 g/mol. The lowest BCUT2D eigenvalue weighted by Gasteiger charge is -2.34. The van der Waals surface area contributed by atoms with Gasteiger partial charge in [-0.25, -0.2) is 9.59 Å². The predicted molar refractivity (Wildman–Crippen MR) is 90.8 cm³/mol. The molecule has 1 aromatic rings. The Morgan fingerprint density at radius 3 is 2.96 bits per heavy atom. The Kier molecular flexibility index (Phi) is 5.43. The molecule has 0 aliphatic carbocycles. The molecule has 0 bridgehead atoms. The van der Waals surface area contributed by atoms with E-state index in [2.05, 4.69) is 17.6 Å². The second-order valence-electron chi connectivity index (χ2n) is 6.64. The standard InChI is InChI=1S/C18H25N3O4/c1-3-24-17(22)15-13(11-21-9-5-4-7-12(21)2)19-18(23)20-16(15)14-8-6-10-25-14/h6,8,10,12,16H,3-5,7,9,11H2,1-2H3,(H2,19,20,23)/p+1/t12-,16+/m0/s1. The topological polar surface area (TPSA) is 85.0 Å². The van der Waals surface area contributed by atoms with E-state index in [1.54, 1.807) is 19.1 Å². The highest BCUT2D eigenvalue weighted by molar-refractivity contribution is 5.95. The van der Waals surface area contributed by atoms with Crippen LogP contribution >= 0.6 is 0 Å². The molecule has 0 saturated carbocycles. The lowest BCUT2D eigenvalue weighted by Crippen LogP contribution is -3.16. The fourth-order valence-electron chi connectivity index (χ4n) is 3.62. The van der Waals surface area contributed by atoms with Crippen LogP contribution in [0.5, 0.6) is 0 Å². The zero-order chi connectivity index (χ0) is 17.8. The van der Waals surface area contributed by atoms with Crippen molar-refractivity contribution in [3.8, 4) is 0 Å². The number of carbonyl (C=O) groups excluding carboxylic acids is 2. The first kappa shape index (κ1) is 17.5. The average Bonchev–Trinajstić information content (AvgIpc) is 3.11. The molecule has 1 unspecified atom stereocenters. The molecule has 3 atom stereocenters. The van der Waals surface area contributed by atoms with Crippen molar-refractivity contribution < 1.29 is 23.6 Å². The Bertz CT molecular complexity index is 653. The van der Waals surface area contributed by atoms with Gasteiger partial charge in [0.05, 0.1) is 36.7 Å². The van der Waals surface area contributed by atoms with Gasteiger partial charge in [0.1, 0.15) is 18.3 Å². The number of urea groups is 1. The summed E-state index contributed by atoms with van der Waals surface area (Å²) in [5.74, 6) is 0.104. The van der Waals surface area contributed by atoms with Crippen molar-refractivity contribution in [2.45, 2.75) is 45.2 Å². The van der Waals surface area contributed by atoms with Crippen molar-refractivity contribution in [2.75, 3.05) is 19.7 Å². The third-order valence-electron chi connectivity index (χ3n) is 4.96. The van der Waals surface area contributed by atoms with Crippen molar-refractivity contribution in [1.82, 2.24) is 10.6 Å². The van der Waals surface area contributed by atoms with Crippen LogP contribution in [0.3, 0.4) is 0 Å². The van der Waals surface area contributed by atoms with Crippen molar-refractivity contribution in [2.24, 2.45) is 0 Å². The molecule has 3 rings (SSSR count). The highest BCUT2D eigenvalue weighted by atomic mass is 16.5. The number of carbonyl (C=O) groups is 2. The Morgan fingerprint density at radius 1 is 1.44 bits per heavy atom. The number of furan rings is 1. The van der Waals surface area contributed by atoms with Crippen LogP contribution in [0.1, 0.15) is 44.9 Å². The predicted octanol–water partition coefficient (Wildman–Crippen LogP) is 0.908. The zero-order valence-corrected chi connectivity index (χ0v) is 14.8. The van der Waals surface area contributed by atoms with E-state index in [-0.39, 0.29) is 12.6 Å². The minimum Gasteiger partial charge on any atom is -0.467 e. The maximum Gasteiger partial charge on any atom is 0.338 e. The summed E-state index contributed by atoms with van der Waals surface area (Å²) >= 11 is 0. The fourth-order valence-corrected chi connectivity index (χ4v) is 3.62. The largest absolute Gasteiger partial charge is 0.467 e. The Balaban J connectivity index is 1.95. The molecular weight excluding hydrogens is 322 g/mol. The molecule has 2 amide bonds. The van der Waals surface area contributed by atoms with Crippen LogP contribution in [0.15, 0.2) is 34.1 Å². The van der Waals surface area contributed by atoms with Crippen molar-refractivity contribution in [3.63, 3.8) is 0 Å². The molecule has 3 N–H and O–H groups in total. The molecule has 0 aromatic carbocycles. The smallest absolute Gasteiger partial charge is 0.338 e. The molecule has 2 aliphatic heterocycles. The van der Waals surface area contributed by atoms with Crippen molar-refractivity contribution in [1.29, 1.82) is 0 Å². The number of quaternary nitrogens is 1. The molecule has 3 heterocycles. The van der Waals surface area contributed by atoms with Crippen LogP contribution in [-0.2, 0) is 9.53 Å². The molecule has 136 valence electrons. The first-order chi connectivity index (χ1) is 12.1. The van der Waals surface area contributed by atoms with Crippen LogP contribution < -0.4 is 15.5 Å². The van der Waals surface area contributed by atoms with Gasteiger partial charge in [0, 0.05) is 0 Å². The summed E-state index contributed by atoms with van der Waals surface area (Å²) in [7, 11) is 0. The molecule has 1 saturated heterocycles. The molecule has 7 heteroatoms. The van der Waals surface area contributed by atoms with E-state index in [0.717, 1.165) is 19.4 Å². The third kappa shape index (κ3) is 3.87. The zero-order valence-electron chi connectivity index (χ0n) is 14.8. The second-order valence-corrected chi connectivity index (χ2v) is 6.64. The van der Waals surface area contributed by atoms with Crippen LogP contribution in [0.2, 0.25) is 0 Å². The number of rotatable bonds is 5. The Morgan fingerprint density at radius 2 is 2.28 bits per heavy atom. The first-order valence-corrected chi connectivity index (χ1v) is 8.95. The summed E-state index contributed by atoms with van der Waals surface area (Å²) in [4.78, 5) is 26.2. The number of hydrogen-bond donors (Lipinski definition) is 3. The van der Waals surface area contributed by atoms with Gasteiger partial charge in [0.2, 0.25) is 0 Å². The molecular formula is C18H26N3O4+. The monoisotopic (exact) mass is 348 g/mol. The van der Waals surface area contributed by atoms with Crippen molar-refractivity contribution >= 4 is 12.0 Å². The summed E-state index contributed by atoms with van der Waals surface area (Å²) in [6.07, 6.45) is 5.09. The number of likely N-dealkylation sites (tertiary alicyclic amines) is 1. The molecule has 2 aliphatic rings. The lowest BCUT2D eigenvalue weighted by molar-refractivity contribution is -0.924. The molecule has 1 aromatic heterocycles. The Hall–Kier alpha value is -2.28. The van der Waals surface area contributed by atoms with Gasteiger partial charge in [0.15, 0.2) is 0 Å². The highest BCUT2D eigenvalue weighted by Crippen LogP contribution is 2.27. The van der Waals surface area contributed by atoms with Crippen LogP contribution in [0, 0.1) is 0 Å². The van der Waals surface area contributed by atoms with E-state index in [9.17, 15) is 9.59 Å². The number of piperidine rings is 1. The van der Waals surface area contributed by atoms with Gasteiger partial charge in [0.25, 0.3) is 0 Å². The number of nitrogens with one attached hydrogen (secondary N) is 3. The van der Waals surface area contributed by atoms with E-state index in [4.69, 9.17) is 9.15 Å². The molecule has 7 nitrogen and oxygen atoms in total. The van der Waals surface area contributed by atoms with E-state index in [1.807, 2.05) is 0 Å². The summed E-state index contributed by atoms with van der Waals surface area (Å²) < 4.78 is 10.7. The van der Waals surface area contributed by atoms with Crippen molar-refractivity contribution in [3.05, 3.63) is 35.4 Å². The molecule has 0 radical (unpaired) electrons. The number of ether oxygens (including phenoxy) is 1. The molecule has 0 spiro atoms. The minimum atomic E-state index is -0.628. The van der Waals surface area contributed by atoms with Crippen LogP contribution in [-0.4, -0.2) is 37.7 Å². The second kappa shape index (κ2) is 7.74. The summed E-state index contributed by atoms with van der Waals surface area (Å²) in [6, 6.07) is 3.04. The SMILES string of the molecule is CCOC(=O)C1=C(C[NH+]2CCCC[C@@H]2C)NC(=O)N[C@@H]1c1ccco1. The fraction of sp³-hybridized carbons (Fsp3) is 0.556. The number of esters is 1. The molecule has 1 fully saturated rings. The van der Waals surface area contributed by atoms with Gasteiger partial charge < -0.3 is 24.7 Å². The first-order valence-electron chi connectivity index (χ1n) is 8.95. The van der Waals surface area contributed by atoms with Gasteiger partial charge in [-0.05, 0) is 45.2 Å². The van der Waals surface area contributed by atoms with Crippen LogP contribution in [0.25, 0.3) is 0 Å². The number of amides is 2. The van der Waals surface area contributed by atoms with Gasteiger partial charge in [-0.15, -0.1) is 0 Å². The van der Waals surface area contributed by atoms with E-state index >= 15 is 0 Å². The quantitative estimate of drug-likeness (QED) is 0.691. The lowest BCUT2D eigenvalue weighted by atomic mass is 9.98. The molecule has 25 heavy (non-hydrogen) atoms. The summed E-state index contributed by atoms with van der Waals surface area (Å²) in [6.45, 7) is 5.90. The third-order valence-corrected chi connectivity index (χ3v) is 4.96. The van der Waals surface area contributed by atoms with Gasteiger partial charge >= 0.3 is 12.0 Å². The summed E-state index contributed by atoms with van der Waals surface area (Å²) in [5.41, 5.74) is 1.06. The van der Waals surface area contributed by atoms with Crippen LogP contribution in [0.4, 0.5) is 4.79 Å². The Labute approximate surface area is 147 Å². The summed E-state index contributed by atoms with van der Waals surface area (Å²) in [5, 5.41) is 5.61.